The number of ether oxygens (including phenoxy) is 1. The Morgan fingerprint density at radius 3 is 2.33 bits per heavy atom. The zero-order chi connectivity index (χ0) is 16.9. The van der Waals surface area contributed by atoms with E-state index in [1.807, 2.05) is 23.1 Å². The SMILES string of the molecule is CC(CC(=O)N1CCN(C(=O)NC2COC2)CC1)c1ccccc1. The van der Waals surface area contributed by atoms with Crippen molar-refractivity contribution < 1.29 is 14.3 Å². The largest absolute Gasteiger partial charge is 0.377 e. The Morgan fingerprint density at radius 2 is 1.75 bits per heavy atom. The van der Waals surface area contributed by atoms with Crippen LogP contribution in [0, 0.1) is 0 Å². The van der Waals surface area contributed by atoms with E-state index >= 15 is 0 Å². The van der Waals surface area contributed by atoms with Gasteiger partial charge in [0.1, 0.15) is 0 Å². The van der Waals surface area contributed by atoms with Gasteiger partial charge in [-0.15, -0.1) is 0 Å². The van der Waals surface area contributed by atoms with Gasteiger partial charge in [-0.2, -0.15) is 0 Å². The van der Waals surface area contributed by atoms with E-state index in [9.17, 15) is 9.59 Å². The lowest BCUT2D eigenvalue weighted by Crippen LogP contribution is -2.57. The van der Waals surface area contributed by atoms with Crippen LogP contribution in [0.1, 0.15) is 24.8 Å². The second kappa shape index (κ2) is 7.66. The van der Waals surface area contributed by atoms with Crippen LogP contribution in [0.3, 0.4) is 0 Å². The molecule has 1 unspecified atom stereocenters. The maximum absolute atomic E-state index is 12.5. The second-order valence-electron chi connectivity index (χ2n) is 6.57. The Bertz CT molecular complexity index is 566. The summed E-state index contributed by atoms with van der Waals surface area (Å²) in [6.07, 6.45) is 0.510. The molecule has 0 spiro atoms. The van der Waals surface area contributed by atoms with E-state index in [2.05, 4.69) is 24.4 Å². The Hall–Kier alpha value is -2.08. The summed E-state index contributed by atoms with van der Waals surface area (Å²) in [4.78, 5) is 28.2. The van der Waals surface area contributed by atoms with Crippen molar-refractivity contribution in [1.82, 2.24) is 15.1 Å². The molecule has 1 aromatic carbocycles. The number of hydrogen-bond donors (Lipinski definition) is 1. The van der Waals surface area contributed by atoms with Crippen LogP contribution < -0.4 is 5.32 Å². The van der Waals surface area contributed by atoms with E-state index in [-0.39, 0.29) is 23.9 Å². The molecule has 1 atom stereocenters. The average molecular weight is 331 g/mol. The lowest BCUT2D eigenvalue weighted by atomic mass is 9.97. The molecule has 0 bridgehead atoms. The van der Waals surface area contributed by atoms with Gasteiger partial charge in [0.2, 0.25) is 5.91 Å². The topological polar surface area (TPSA) is 61.9 Å². The molecule has 2 saturated heterocycles. The van der Waals surface area contributed by atoms with Crippen molar-refractivity contribution in [1.29, 1.82) is 0 Å². The van der Waals surface area contributed by atoms with Gasteiger partial charge in [-0.1, -0.05) is 37.3 Å². The first-order valence-electron chi connectivity index (χ1n) is 8.59. The number of rotatable bonds is 4. The highest BCUT2D eigenvalue weighted by Crippen LogP contribution is 2.20. The monoisotopic (exact) mass is 331 g/mol. The van der Waals surface area contributed by atoms with Crippen molar-refractivity contribution in [2.45, 2.75) is 25.3 Å². The Balaban J connectivity index is 1.43. The van der Waals surface area contributed by atoms with Gasteiger partial charge in [-0.25, -0.2) is 4.79 Å². The summed E-state index contributed by atoms with van der Waals surface area (Å²) in [7, 11) is 0. The molecular weight excluding hydrogens is 306 g/mol. The fourth-order valence-corrected chi connectivity index (χ4v) is 3.03. The first kappa shape index (κ1) is 16.8. The van der Waals surface area contributed by atoms with Crippen LogP contribution >= 0.6 is 0 Å². The highest BCUT2D eigenvalue weighted by molar-refractivity contribution is 5.78. The van der Waals surface area contributed by atoms with Crippen molar-refractivity contribution in [2.24, 2.45) is 0 Å². The number of carbonyl (C=O) groups excluding carboxylic acids is 2. The molecule has 2 heterocycles. The molecule has 2 aliphatic heterocycles. The summed E-state index contributed by atoms with van der Waals surface area (Å²) in [5.74, 6) is 0.373. The molecule has 24 heavy (non-hydrogen) atoms. The number of nitrogens with one attached hydrogen (secondary N) is 1. The van der Waals surface area contributed by atoms with Crippen LogP contribution in [0.2, 0.25) is 0 Å². The predicted octanol–water partition coefficient (Wildman–Crippen LogP) is 1.43. The molecule has 0 saturated carbocycles. The number of amides is 3. The standard InChI is InChI=1S/C18H25N3O3/c1-14(15-5-3-2-4-6-15)11-17(22)20-7-9-21(10-8-20)18(23)19-16-12-24-13-16/h2-6,14,16H,7-13H2,1H3,(H,19,23). The van der Waals surface area contributed by atoms with E-state index < -0.39 is 0 Å². The van der Waals surface area contributed by atoms with Crippen LogP contribution in [0.5, 0.6) is 0 Å². The van der Waals surface area contributed by atoms with E-state index in [0.717, 1.165) is 0 Å². The van der Waals surface area contributed by atoms with Crippen molar-refractivity contribution in [2.75, 3.05) is 39.4 Å². The third kappa shape index (κ3) is 4.06. The van der Waals surface area contributed by atoms with Gasteiger partial charge in [-0.05, 0) is 11.5 Å². The van der Waals surface area contributed by atoms with Crippen molar-refractivity contribution >= 4 is 11.9 Å². The summed E-state index contributed by atoms with van der Waals surface area (Å²) < 4.78 is 5.06. The molecule has 0 radical (unpaired) electrons. The van der Waals surface area contributed by atoms with Gasteiger partial charge in [0.05, 0.1) is 19.3 Å². The first-order valence-corrected chi connectivity index (χ1v) is 8.59. The molecule has 6 nitrogen and oxygen atoms in total. The van der Waals surface area contributed by atoms with Gasteiger partial charge in [0, 0.05) is 32.6 Å². The molecule has 0 aromatic heterocycles. The fraction of sp³-hybridized carbons (Fsp3) is 0.556. The van der Waals surface area contributed by atoms with Gasteiger partial charge in [0.15, 0.2) is 0 Å². The fourth-order valence-electron chi connectivity index (χ4n) is 3.03. The number of urea groups is 1. The van der Waals surface area contributed by atoms with Gasteiger partial charge in [-0.3, -0.25) is 4.79 Å². The molecule has 1 N–H and O–H groups in total. The molecule has 3 amide bonds. The Kier molecular flexibility index (Phi) is 5.35. The lowest BCUT2D eigenvalue weighted by Gasteiger charge is -2.37. The van der Waals surface area contributed by atoms with E-state index in [1.54, 1.807) is 4.90 Å². The minimum Gasteiger partial charge on any atom is -0.377 e. The number of piperazine rings is 1. The minimum atomic E-state index is -0.0481. The van der Waals surface area contributed by atoms with E-state index in [0.29, 0.717) is 45.8 Å². The van der Waals surface area contributed by atoms with Crippen molar-refractivity contribution in [3.63, 3.8) is 0 Å². The second-order valence-corrected chi connectivity index (χ2v) is 6.57. The highest BCUT2D eigenvalue weighted by atomic mass is 16.5. The molecule has 3 rings (SSSR count). The van der Waals surface area contributed by atoms with Gasteiger partial charge >= 0.3 is 6.03 Å². The molecule has 2 aliphatic rings. The molecule has 130 valence electrons. The maximum Gasteiger partial charge on any atom is 0.317 e. The van der Waals surface area contributed by atoms with Crippen LogP contribution in [0.4, 0.5) is 4.79 Å². The van der Waals surface area contributed by atoms with E-state index in [4.69, 9.17) is 4.74 Å². The summed E-state index contributed by atoms with van der Waals surface area (Å²) in [6, 6.07) is 10.2. The van der Waals surface area contributed by atoms with Gasteiger partial charge in [0.25, 0.3) is 0 Å². The Morgan fingerprint density at radius 1 is 1.12 bits per heavy atom. The lowest BCUT2D eigenvalue weighted by molar-refractivity contribution is -0.133. The summed E-state index contributed by atoms with van der Waals surface area (Å²) in [5, 5.41) is 2.94. The smallest absolute Gasteiger partial charge is 0.317 e. The molecular formula is C18H25N3O3. The van der Waals surface area contributed by atoms with Gasteiger partial charge < -0.3 is 19.9 Å². The summed E-state index contributed by atoms with van der Waals surface area (Å²) >= 11 is 0. The normalized spacial score (nSPS) is 19.5. The average Bonchev–Trinajstić information content (AvgIpc) is 2.58. The number of hydrogen-bond acceptors (Lipinski definition) is 3. The zero-order valence-corrected chi connectivity index (χ0v) is 14.1. The van der Waals surface area contributed by atoms with Crippen LogP contribution in [0.25, 0.3) is 0 Å². The predicted molar refractivity (Wildman–Crippen MR) is 90.8 cm³/mol. The number of benzene rings is 1. The third-order valence-corrected chi connectivity index (χ3v) is 4.73. The highest BCUT2D eigenvalue weighted by Gasteiger charge is 2.28. The first-order chi connectivity index (χ1) is 11.6. The number of nitrogens with zero attached hydrogens (tertiary/aromatic N) is 2. The third-order valence-electron chi connectivity index (χ3n) is 4.73. The van der Waals surface area contributed by atoms with E-state index in [1.165, 1.54) is 5.56 Å². The summed E-state index contributed by atoms with van der Waals surface area (Å²) in [6.45, 7) is 5.67. The Labute approximate surface area is 142 Å². The van der Waals surface area contributed by atoms with Crippen molar-refractivity contribution in [3.05, 3.63) is 35.9 Å². The summed E-state index contributed by atoms with van der Waals surface area (Å²) in [5.41, 5.74) is 1.19. The van der Waals surface area contributed by atoms with Crippen LogP contribution in [0.15, 0.2) is 30.3 Å². The molecule has 0 aliphatic carbocycles. The van der Waals surface area contributed by atoms with Crippen LogP contribution in [-0.2, 0) is 9.53 Å². The molecule has 1 aromatic rings. The van der Waals surface area contributed by atoms with Crippen LogP contribution in [-0.4, -0.2) is 67.2 Å². The minimum absolute atomic E-state index is 0.0481. The molecule has 2 fully saturated rings. The maximum atomic E-state index is 12.5. The molecule has 6 heteroatoms. The number of carbonyl (C=O) groups is 2. The zero-order valence-electron chi connectivity index (χ0n) is 14.1. The quantitative estimate of drug-likeness (QED) is 0.908. The van der Waals surface area contributed by atoms with Crippen molar-refractivity contribution in [3.8, 4) is 0 Å².